The van der Waals surface area contributed by atoms with E-state index in [0.717, 1.165) is 32.1 Å². The number of carbonyl (C=O) groups is 1. The van der Waals surface area contributed by atoms with Crippen LogP contribution in [0.3, 0.4) is 0 Å². The highest BCUT2D eigenvalue weighted by Crippen LogP contribution is 2.16. The Morgan fingerprint density at radius 3 is 1.21 bits per heavy atom. The van der Waals surface area contributed by atoms with Gasteiger partial charge in [-0.1, -0.05) is 212 Å². The summed E-state index contributed by atoms with van der Waals surface area (Å²) in [5.41, 5.74) is 0. The van der Waals surface area contributed by atoms with Crippen molar-refractivity contribution in [3.05, 3.63) is 24.3 Å². The molecular formula is C43H83NO3. The van der Waals surface area contributed by atoms with Gasteiger partial charge in [0.2, 0.25) is 5.91 Å². The molecular weight excluding hydrogens is 578 g/mol. The fraction of sp³-hybridized carbons (Fsp3) is 0.884. The number of rotatable bonds is 38. The summed E-state index contributed by atoms with van der Waals surface area (Å²) in [7, 11) is 0. The molecule has 4 nitrogen and oxygen atoms in total. The molecule has 0 bridgehead atoms. The van der Waals surface area contributed by atoms with Gasteiger partial charge >= 0.3 is 0 Å². The Bertz CT molecular complexity index is 676. The molecule has 0 aliphatic rings. The summed E-state index contributed by atoms with van der Waals surface area (Å²) in [5, 5.41) is 22.4. The predicted octanol–water partition coefficient (Wildman–Crippen LogP) is 12.8. The first-order chi connectivity index (χ1) is 23.2. The molecule has 278 valence electrons. The summed E-state index contributed by atoms with van der Waals surface area (Å²) >= 11 is 0. The van der Waals surface area contributed by atoms with Gasteiger partial charge in [-0.15, -0.1) is 0 Å². The standard InChI is InChI=1S/C43H83NO3/c1-3-5-7-8-9-10-11-12-13-14-15-16-17-18-19-20-21-22-23-24-25-26-27-28-29-30-31-32-33-34-35-36-37-38-42(46)41(40-45)44-43(47)39-6-4-2/h33-34,37-38,41-42,45-46H,3-32,35-36,39-40H2,1-2H3,(H,44,47)/b34-33+,38-37+. The molecule has 0 spiro atoms. The first-order valence-electron chi connectivity index (χ1n) is 21.1. The predicted molar refractivity (Wildman–Crippen MR) is 207 cm³/mol. The first-order valence-corrected chi connectivity index (χ1v) is 21.1. The average molecular weight is 662 g/mol. The molecule has 0 aromatic carbocycles. The van der Waals surface area contributed by atoms with Gasteiger partial charge in [-0.3, -0.25) is 4.79 Å². The van der Waals surface area contributed by atoms with Crippen molar-refractivity contribution in [2.45, 2.75) is 238 Å². The van der Waals surface area contributed by atoms with E-state index in [1.807, 2.05) is 13.0 Å². The van der Waals surface area contributed by atoms with E-state index in [2.05, 4.69) is 24.4 Å². The van der Waals surface area contributed by atoms with Crippen molar-refractivity contribution in [1.82, 2.24) is 5.32 Å². The molecule has 1 amide bonds. The van der Waals surface area contributed by atoms with Crippen LogP contribution >= 0.6 is 0 Å². The zero-order valence-corrected chi connectivity index (χ0v) is 31.8. The Morgan fingerprint density at radius 1 is 0.489 bits per heavy atom. The van der Waals surface area contributed by atoms with Crippen LogP contribution in [0.25, 0.3) is 0 Å². The molecule has 2 atom stereocenters. The molecule has 3 N–H and O–H groups in total. The molecule has 0 aromatic rings. The Kier molecular flexibility index (Phi) is 38.4. The smallest absolute Gasteiger partial charge is 0.220 e. The number of aliphatic hydroxyl groups is 2. The lowest BCUT2D eigenvalue weighted by Crippen LogP contribution is -2.45. The number of hydrogen-bond acceptors (Lipinski definition) is 3. The molecule has 0 fully saturated rings. The highest BCUT2D eigenvalue weighted by atomic mass is 16.3. The van der Waals surface area contributed by atoms with E-state index in [1.54, 1.807) is 6.08 Å². The van der Waals surface area contributed by atoms with E-state index in [4.69, 9.17) is 0 Å². The van der Waals surface area contributed by atoms with Crippen molar-refractivity contribution in [3.8, 4) is 0 Å². The molecule has 0 aliphatic heterocycles. The second-order valence-corrected chi connectivity index (χ2v) is 14.4. The Labute approximate surface area is 294 Å². The van der Waals surface area contributed by atoms with Gasteiger partial charge in [-0.25, -0.2) is 0 Å². The lowest BCUT2D eigenvalue weighted by Gasteiger charge is -2.19. The van der Waals surface area contributed by atoms with Crippen LogP contribution in [0.4, 0.5) is 0 Å². The van der Waals surface area contributed by atoms with E-state index in [1.165, 1.54) is 173 Å². The fourth-order valence-electron chi connectivity index (χ4n) is 6.41. The van der Waals surface area contributed by atoms with Gasteiger partial charge in [0, 0.05) is 6.42 Å². The van der Waals surface area contributed by atoms with Gasteiger partial charge in [0.25, 0.3) is 0 Å². The number of nitrogens with one attached hydrogen (secondary N) is 1. The van der Waals surface area contributed by atoms with Crippen molar-refractivity contribution in [3.63, 3.8) is 0 Å². The Balaban J connectivity index is 3.32. The zero-order valence-electron chi connectivity index (χ0n) is 31.8. The maximum atomic E-state index is 11.8. The van der Waals surface area contributed by atoms with Crippen LogP contribution in [0.1, 0.15) is 226 Å². The summed E-state index contributed by atoms with van der Waals surface area (Å²) in [6.45, 7) is 4.07. The lowest BCUT2D eigenvalue weighted by atomic mass is 10.0. The van der Waals surface area contributed by atoms with E-state index >= 15 is 0 Å². The van der Waals surface area contributed by atoms with Gasteiger partial charge in [-0.05, 0) is 32.1 Å². The van der Waals surface area contributed by atoms with Crippen molar-refractivity contribution < 1.29 is 15.0 Å². The molecule has 0 saturated carbocycles. The quantitative estimate of drug-likeness (QED) is 0.0455. The zero-order chi connectivity index (χ0) is 34.3. The maximum absolute atomic E-state index is 11.8. The van der Waals surface area contributed by atoms with Crippen LogP contribution in [0.2, 0.25) is 0 Å². The third kappa shape index (κ3) is 36.0. The van der Waals surface area contributed by atoms with Gasteiger partial charge in [0.15, 0.2) is 0 Å². The minimum Gasteiger partial charge on any atom is -0.394 e. The highest BCUT2D eigenvalue weighted by Gasteiger charge is 2.17. The SMILES string of the molecule is CCCCCCCCCCCCCCCCCCCCCCCCCCCCC/C=C/CC/C=C/C(O)C(CO)NC(=O)CCCC. The molecule has 0 heterocycles. The second kappa shape index (κ2) is 39.3. The molecule has 0 aromatic heterocycles. The third-order valence-corrected chi connectivity index (χ3v) is 9.69. The first kappa shape index (κ1) is 45.9. The maximum Gasteiger partial charge on any atom is 0.220 e. The van der Waals surface area contributed by atoms with Crippen LogP contribution in [0.15, 0.2) is 24.3 Å². The minimum absolute atomic E-state index is 0.109. The van der Waals surface area contributed by atoms with Crippen LogP contribution in [-0.2, 0) is 4.79 Å². The number of unbranched alkanes of at least 4 members (excludes halogenated alkanes) is 29. The monoisotopic (exact) mass is 662 g/mol. The summed E-state index contributed by atoms with van der Waals surface area (Å²) < 4.78 is 0. The Hall–Kier alpha value is -1.13. The van der Waals surface area contributed by atoms with Crippen molar-refractivity contribution >= 4 is 5.91 Å². The molecule has 0 saturated heterocycles. The van der Waals surface area contributed by atoms with Crippen molar-refractivity contribution in [1.29, 1.82) is 0 Å². The highest BCUT2D eigenvalue weighted by molar-refractivity contribution is 5.76. The van der Waals surface area contributed by atoms with Crippen molar-refractivity contribution in [2.24, 2.45) is 0 Å². The molecule has 0 rings (SSSR count). The molecule has 4 heteroatoms. The summed E-state index contributed by atoms with van der Waals surface area (Å²) in [6, 6.07) is -0.630. The lowest BCUT2D eigenvalue weighted by molar-refractivity contribution is -0.123. The normalized spacial score (nSPS) is 13.2. The van der Waals surface area contributed by atoms with E-state index < -0.39 is 12.1 Å². The number of amides is 1. The number of aliphatic hydroxyl groups excluding tert-OH is 2. The van der Waals surface area contributed by atoms with E-state index in [9.17, 15) is 15.0 Å². The molecule has 2 unspecified atom stereocenters. The summed E-state index contributed by atoms with van der Waals surface area (Å²) in [6.07, 6.45) is 51.3. The number of allylic oxidation sites excluding steroid dienone is 3. The van der Waals surface area contributed by atoms with Gasteiger partial charge in [-0.2, -0.15) is 0 Å². The molecule has 0 aliphatic carbocycles. The van der Waals surface area contributed by atoms with Crippen LogP contribution < -0.4 is 5.32 Å². The van der Waals surface area contributed by atoms with Gasteiger partial charge in [0.05, 0.1) is 18.8 Å². The topological polar surface area (TPSA) is 69.6 Å². The summed E-state index contributed by atoms with van der Waals surface area (Å²) in [4.78, 5) is 11.8. The van der Waals surface area contributed by atoms with E-state index in [0.29, 0.717) is 6.42 Å². The Morgan fingerprint density at radius 2 is 0.830 bits per heavy atom. The molecule has 0 radical (unpaired) electrons. The number of carbonyl (C=O) groups excluding carboxylic acids is 1. The van der Waals surface area contributed by atoms with E-state index in [-0.39, 0.29) is 12.5 Å². The fourth-order valence-corrected chi connectivity index (χ4v) is 6.41. The molecule has 47 heavy (non-hydrogen) atoms. The van der Waals surface area contributed by atoms with Gasteiger partial charge < -0.3 is 15.5 Å². The number of hydrogen-bond donors (Lipinski definition) is 3. The van der Waals surface area contributed by atoms with Crippen LogP contribution in [0, 0.1) is 0 Å². The van der Waals surface area contributed by atoms with Gasteiger partial charge in [0.1, 0.15) is 0 Å². The average Bonchev–Trinajstić information content (AvgIpc) is 3.08. The minimum atomic E-state index is -0.854. The van der Waals surface area contributed by atoms with Crippen LogP contribution in [0.5, 0.6) is 0 Å². The third-order valence-electron chi connectivity index (χ3n) is 9.69. The second-order valence-electron chi connectivity index (χ2n) is 14.4. The summed E-state index contributed by atoms with van der Waals surface area (Å²) in [5.74, 6) is -0.109. The van der Waals surface area contributed by atoms with Crippen LogP contribution in [-0.4, -0.2) is 34.9 Å². The van der Waals surface area contributed by atoms with Crippen molar-refractivity contribution in [2.75, 3.05) is 6.61 Å². The largest absolute Gasteiger partial charge is 0.394 e.